The molecule has 10 heavy (non-hydrogen) atoms. The van der Waals surface area contributed by atoms with Crippen LogP contribution in [0.3, 0.4) is 0 Å². The summed E-state index contributed by atoms with van der Waals surface area (Å²) in [6, 6.07) is 3.66. The van der Waals surface area contributed by atoms with Crippen molar-refractivity contribution in [1.82, 2.24) is 4.98 Å². The minimum Gasteiger partial charge on any atom is -0.277 e. The normalized spacial score (nSPS) is 8.40. The molecular formula is C6H4IN3. The first kappa shape index (κ1) is 7.28. The minimum atomic E-state index is 0.592. The lowest BCUT2D eigenvalue weighted by Gasteiger charge is -1.93. The third-order valence-electron chi connectivity index (χ3n) is 0.906. The van der Waals surface area contributed by atoms with E-state index >= 15 is 0 Å². The molecule has 4 heteroatoms. The van der Waals surface area contributed by atoms with Crippen LogP contribution in [0, 0.1) is 15.0 Å². The number of nitrogens with zero attached hydrogens (tertiary/aromatic N) is 2. The third-order valence-corrected chi connectivity index (χ3v) is 1.58. The Bertz CT molecular complexity index is 266. The molecule has 1 aromatic rings. The quantitative estimate of drug-likeness (QED) is 0.464. The van der Waals surface area contributed by atoms with Crippen LogP contribution in [0.25, 0.3) is 0 Å². The zero-order valence-corrected chi connectivity index (χ0v) is 7.16. The van der Waals surface area contributed by atoms with Gasteiger partial charge in [-0.15, -0.1) is 0 Å². The predicted octanol–water partition coefficient (Wildman–Crippen LogP) is 1.58. The molecule has 1 aromatic heterocycles. The zero-order chi connectivity index (χ0) is 7.40. The summed E-state index contributed by atoms with van der Waals surface area (Å²) >= 11 is 2.16. The fourth-order valence-electron chi connectivity index (χ4n) is 0.530. The SMILES string of the molecule is N#CNc1cc(I)ccn1. The van der Waals surface area contributed by atoms with E-state index in [0.29, 0.717) is 5.82 Å². The van der Waals surface area contributed by atoms with Crippen LogP contribution >= 0.6 is 22.6 Å². The van der Waals surface area contributed by atoms with Crippen molar-refractivity contribution in [2.24, 2.45) is 0 Å². The van der Waals surface area contributed by atoms with Crippen LogP contribution in [-0.2, 0) is 0 Å². The summed E-state index contributed by atoms with van der Waals surface area (Å²) in [7, 11) is 0. The first-order chi connectivity index (χ1) is 4.83. The molecule has 0 saturated heterocycles. The third kappa shape index (κ3) is 1.84. The summed E-state index contributed by atoms with van der Waals surface area (Å²) in [5, 5.41) is 10.6. The summed E-state index contributed by atoms with van der Waals surface area (Å²) in [5.41, 5.74) is 0. The van der Waals surface area contributed by atoms with Crippen molar-refractivity contribution in [2.45, 2.75) is 0 Å². The summed E-state index contributed by atoms with van der Waals surface area (Å²) in [6.07, 6.45) is 3.45. The number of rotatable bonds is 1. The molecule has 0 saturated carbocycles. The Morgan fingerprint density at radius 3 is 3.10 bits per heavy atom. The van der Waals surface area contributed by atoms with E-state index in [9.17, 15) is 0 Å². The van der Waals surface area contributed by atoms with E-state index in [0.717, 1.165) is 3.57 Å². The van der Waals surface area contributed by atoms with E-state index in [2.05, 4.69) is 32.9 Å². The second-order valence-electron chi connectivity index (χ2n) is 1.60. The molecule has 0 bridgehead atoms. The lowest BCUT2D eigenvalue weighted by molar-refractivity contribution is 1.29. The highest BCUT2D eigenvalue weighted by Gasteiger charge is 1.90. The molecule has 1 heterocycles. The standard InChI is InChI=1S/C6H4IN3/c7-5-1-2-9-6(3-5)10-4-8/h1-3H,(H,9,10). The average Bonchev–Trinajstić information content (AvgIpc) is 1.88. The molecule has 0 spiro atoms. The van der Waals surface area contributed by atoms with Crippen LogP contribution in [-0.4, -0.2) is 4.98 Å². The van der Waals surface area contributed by atoms with Gasteiger partial charge in [-0.3, -0.25) is 5.32 Å². The van der Waals surface area contributed by atoms with Crippen molar-refractivity contribution < 1.29 is 0 Å². The van der Waals surface area contributed by atoms with Gasteiger partial charge in [-0.05, 0) is 34.7 Å². The Kier molecular flexibility index (Phi) is 2.45. The summed E-state index contributed by atoms with van der Waals surface area (Å²) in [4.78, 5) is 3.89. The molecule has 0 aliphatic heterocycles. The van der Waals surface area contributed by atoms with Crippen molar-refractivity contribution in [3.05, 3.63) is 21.9 Å². The van der Waals surface area contributed by atoms with E-state index in [-0.39, 0.29) is 0 Å². The van der Waals surface area contributed by atoms with Crippen molar-refractivity contribution in [2.75, 3.05) is 5.32 Å². The smallest absolute Gasteiger partial charge is 0.182 e. The van der Waals surface area contributed by atoms with Crippen molar-refractivity contribution in [3.63, 3.8) is 0 Å². The average molecular weight is 245 g/mol. The molecule has 0 aliphatic carbocycles. The van der Waals surface area contributed by atoms with Crippen molar-refractivity contribution >= 4 is 28.4 Å². The number of hydrogen-bond acceptors (Lipinski definition) is 3. The molecule has 3 nitrogen and oxygen atoms in total. The first-order valence-electron chi connectivity index (χ1n) is 2.59. The number of nitrogens with one attached hydrogen (secondary N) is 1. The second-order valence-corrected chi connectivity index (χ2v) is 2.84. The van der Waals surface area contributed by atoms with Gasteiger partial charge < -0.3 is 0 Å². The highest BCUT2D eigenvalue weighted by molar-refractivity contribution is 14.1. The second kappa shape index (κ2) is 3.37. The Labute approximate surface area is 72.2 Å². The maximum Gasteiger partial charge on any atom is 0.182 e. The van der Waals surface area contributed by atoms with Gasteiger partial charge in [-0.2, -0.15) is 5.26 Å². The van der Waals surface area contributed by atoms with Gasteiger partial charge in [0.15, 0.2) is 6.19 Å². The molecule has 50 valence electrons. The van der Waals surface area contributed by atoms with Gasteiger partial charge in [0.2, 0.25) is 0 Å². The number of aromatic nitrogens is 1. The summed E-state index contributed by atoms with van der Waals surface area (Å²) in [6.45, 7) is 0. The topological polar surface area (TPSA) is 48.7 Å². The summed E-state index contributed by atoms with van der Waals surface area (Å²) < 4.78 is 1.06. The van der Waals surface area contributed by atoms with Gasteiger partial charge >= 0.3 is 0 Å². The van der Waals surface area contributed by atoms with Gasteiger partial charge in [0.1, 0.15) is 5.82 Å². The molecular weight excluding hydrogens is 241 g/mol. The number of pyridine rings is 1. The van der Waals surface area contributed by atoms with Crippen LogP contribution in [0.4, 0.5) is 5.82 Å². The number of hydrogen-bond donors (Lipinski definition) is 1. The minimum absolute atomic E-state index is 0.592. The lowest BCUT2D eigenvalue weighted by Crippen LogP contribution is -1.90. The molecule has 0 fully saturated rings. The Balaban J connectivity index is 2.87. The van der Waals surface area contributed by atoms with E-state index in [1.54, 1.807) is 18.5 Å². The lowest BCUT2D eigenvalue weighted by atomic mass is 10.5. The van der Waals surface area contributed by atoms with Crippen LogP contribution in [0.1, 0.15) is 0 Å². The van der Waals surface area contributed by atoms with E-state index in [4.69, 9.17) is 5.26 Å². The van der Waals surface area contributed by atoms with E-state index in [1.165, 1.54) is 0 Å². The van der Waals surface area contributed by atoms with Gasteiger partial charge in [0.05, 0.1) is 0 Å². The molecule has 0 unspecified atom stereocenters. The monoisotopic (exact) mass is 245 g/mol. The molecule has 0 aliphatic rings. The van der Waals surface area contributed by atoms with Gasteiger partial charge in [0, 0.05) is 9.77 Å². The number of halogens is 1. The Hall–Kier alpha value is -0.830. The molecule has 0 radical (unpaired) electrons. The van der Waals surface area contributed by atoms with Crippen LogP contribution in [0.5, 0.6) is 0 Å². The van der Waals surface area contributed by atoms with Gasteiger partial charge in [-0.1, -0.05) is 0 Å². The largest absolute Gasteiger partial charge is 0.277 e. The van der Waals surface area contributed by atoms with E-state index in [1.807, 2.05) is 6.07 Å². The molecule has 1 N–H and O–H groups in total. The zero-order valence-electron chi connectivity index (χ0n) is 5.00. The van der Waals surface area contributed by atoms with Crippen LogP contribution in [0.2, 0.25) is 0 Å². The van der Waals surface area contributed by atoms with Crippen LogP contribution < -0.4 is 5.32 Å². The maximum absolute atomic E-state index is 8.21. The number of anilines is 1. The molecule has 0 aromatic carbocycles. The highest BCUT2D eigenvalue weighted by atomic mass is 127. The maximum atomic E-state index is 8.21. The van der Waals surface area contributed by atoms with E-state index < -0.39 is 0 Å². The Morgan fingerprint density at radius 1 is 1.70 bits per heavy atom. The first-order valence-corrected chi connectivity index (χ1v) is 3.67. The molecule has 0 amide bonds. The fraction of sp³-hybridized carbons (Fsp3) is 0. The predicted molar refractivity (Wildman–Crippen MR) is 46.2 cm³/mol. The van der Waals surface area contributed by atoms with Gasteiger partial charge in [0.25, 0.3) is 0 Å². The summed E-state index contributed by atoms with van der Waals surface area (Å²) in [5.74, 6) is 0.592. The van der Waals surface area contributed by atoms with Crippen LogP contribution in [0.15, 0.2) is 18.3 Å². The molecule has 0 atom stereocenters. The van der Waals surface area contributed by atoms with Crippen molar-refractivity contribution in [3.8, 4) is 6.19 Å². The molecule has 1 rings (SSSR count). The Morgan fingerprint density at radius 2 is 2.50 bits per heavy atom. The highest BCUT2D eigenvalue weighted by Crippen LogP contribution is 2.07. The van der Waals surface area contributed by atoms with Crippen molar-refractivity contribution in [1.29, 1.82) is 5.26 Å². The van der Waals surface area contributed by atoms with Gasteiger partial charge in [-0.25, -0.2) is 4.98 Å². The number of nitriles is 1. The fourth-order valence-corrected chi connectivity index (χ4v) is 0.986.